The van der Waals surface area contributed by atoms with Crippen molar-refractivity contribution in [2.75, 3.05) is 26.8 Å². The highest BCUT2D eigenvalue weighted by Gasteiger charge is 2.14. The normalized spacial score (nSPS) is 16.8. The smallest absolute Gasteiger partial charge is 0.319 e. The topological polar surface area (TPSA) is 56.3 Å². The molecule has 1 aromatic rings. The van der Waals surface area contributed by atoms with Crippen LogP contribution in [0.3, 0.4) is 0 Å². The number of ether oxygens (including phenoxy) is 2. The van der Waals surface area contributed by atoms with E-state index in [1.54, 1.807) is 13.2 Å². The van der Waals surface area contributed by atoms with Gasteiger partial charge in [-0.3, -0.25) is 0 Å². The lowest BCUT2D eigenvalue weighted by atomic mass is 9.99. The zero-order valence-electron chi connectivity index (χ0n) is 10.4. The Morgan fingerprint density at radius 1 is 1.35 bits per heavy atom. The van der Waals surface area contributed by atoms with E-state index in [1.165, 1.54) is 0 Å². The summed E-state index contributed by atoms with van der Waals surface area (Å²) in [5, 5.41) is 3.33. The standard InChI is InChI=1S/C12H19N3O2/c1-9-7-11(16-2)15-12(14-9)17-8-10-3-5-13-6-4-10/h7,10,13H,3-6,8H2,1-2H3. The van der Waals surface area contributed by atoms with Crippen LogP contribution in [0.4, 0.5) is 0 Å². The van der Waals surface area contributed by atoms with Crippen LogP contribution in [0.5, 0.6) is 11.9 Å². The molecule has 0 bridgehead atoms. The average Bonchev–Trinajstić information content (AvgIpc) is 2.37. The molecule has 1 fully saturated rings. The molecule has 1 aliphatic heterocycles. The van der Waals surface area contributed by atoms with Crippen LogP contribution in [-0.2, 0) is 0 Å². The Bertz CT molecular complexity index is 365. The van der Waals surface area contributed by atoms with Crippen LogP contribution >= 0.6 is 0 Å². The maximum atomic E-state index is 5.64. The molecule has 2 heterocycles. The number of methoxy groups -OCH3 is 1. The van der Waals surface area contributed by atoms with Gasteiger partial charge in [0.15, 0.2) is 0 Å². The highest BCUT2D eigenvalue weighted by molar-refractivity contribution is 5.17. The van der Waals surface area contributed by atoms with Crippen LogP contribution in [0.1, 0.15) is 18.5 Å². The molecule has 1 saturated heterocycles. The van der Waals surface area contributed by atoms with Crippen LogP contribution in [-0.4, -0.2) is 36.8 Å². The van der Waals surface area contributed by atoms with Gasteiger partial charge in [-0.2, -0.15) is 4.98 Å². The summed E-state index contributed by atoms with van der Waals surface area (Å²) in [6.45, 7) is 4.74. The molecule has 0 radical (unpaired) electrons. The van der Waals surface area contributed by atoms with Gasteiger partial charge in [0.1, 0.15) is 0 Å². The van der Waals surface area contributed by atoms with Gasteiger partial charge < -0.3 is 14.8 Å². The number of rotatable bonds is 4. The number of aryl methyl sites for hydroxylation is 1. The first kappa shape index (κ1) is 12.1. The second-order valence-electron chi connectivity index (χ2n) is 4.34. The third kappa shape index (κ3) is 3.56. The third-order valence-corrected chi connectivity index (χ3v) is 2.93. The minimum Gasteiger partial charge on any atom is -0.481 e. The van der Waals surface area contributed by atoms with Crippen LogP contribution in [0.2, 0.25) is 0 Å². The fraction of sp³-hybridized carbons (Fsp3) is 0.667. The van der Waals surface area contributed by atoms with Crippen LogP contribution in [0, 0.1) is 12.8 Å². The summed E-state index contributed by atoms with van der Waals surface area (Å²) < 4.78 is 10.7. The summed E-state index contributed by atoms with van der Waals surface area (Å²) in [5.74, 6) is 1.16. The minimum atomic E-state index is 0.417. The summed E-state index contributed by atoms with van der Waals surface area (Å²) in [4.78, 5) is 8.40. The van der Waals surface area contributed by atoms with Crippen LogP contribution in [0.15, 0.2) is 6.07 Å². The van der Waals surface area contributed by atoms with E-state index in [2.05, 4.69) is 15.3 Å². The summed E-state index contributed by atoms with van der Waals surface area (Å²) in [6, 6.07) is 2.21. The van der Waals surface area contributed by atoms with E-state index in [4.69, 9.17) is 9.47 Å². The van der Waals surface area contributed by atoms with Crippen molar-refractivity contribution >= 4 is 0 Å². The molecule has 0 aliphatic carbocycles. The molecule has 94 valence electrons. The Balaban J connectivity index is 1.91. The van der Waals surface area contributed by atoms with Crippen molar-refractivity contribution in [3.8, 4) is 11.9 Å². The molecule has 0 saturated carbocycles. The fourth-order valence-electron chi connectivity index (χ4n) is 1.92. The molecule has 0 amide bonds. The van der Waals surface area contributed by atoms with E-state index >= 15 is 0 Å². The molecule has 0 spiro atoms. The predicted molar refractivity (Wildman–Crippen MR) is 64.4 cm³/mol. The lowest BCUT2D eigenvalue weighted by molar-refractivity contribution is 0.199. The second kappa shape index (κ2) is 5.82. The molecule has 0 unspecified atom stereocenters. The number of piperidine rings is 1. The van der Waals surface area contributed by atoms with E-state index < -0.39 is 0 Å². The Kier molecular flexibility index (Phi) is 4.14. The molecule has 1 N–H and O–H groups in total. The molecule has 1 aliphatic rings. The van der Waals surface area contributed by atoms with E-state index in [0.29, 0.717) is 24.4 Å². The highest BCUT2D eigenvalue weighted by atomic mass is 16.5. The summed E-state index contributed by atoms with van der Waals surface area (Å²) in [7, 11) is 1.60. The number of aromatic nitrogens is 2. The van der Waals surface area contributed by atoms with Gasteiger partial charge in [0.05, 0.1) is 13.7 Å². The molecule has 0 atom stereocenters. The molecular weight excluding hydrogens is 218 g/mol. The zero-order valence-corrected chi connectivity index (χ0v) is 10.4. The Labute approximate surface area is 102 Å². The second-order valence-corrected chi connectivity index (χ2v) is 4.34. The van der Waals surface area contributed by atoms with E-state index in [0.717, 1.165) is 31.6 Å². The van der Waals surface area contributed by atoms with E-state index in [-0.39, 0.29) is 0 Å². The van der Waals surface area contributed by atoms with Crippen molar-refractivity contribution in [1.82, 2.24) is 15.3 Å². The van der Waals surface area contributed by atoms with Crippen LogP contribution in [0.25, 0.3) is 0 Å². The first-order valence-corrected chi connectivity index (χ1v) is 6.01. The molecule has 5 nitrogen and oxygen atoms in total. The summed E-state index contributed by atoms with van der Waals surface area (Å²) in [5.41, 5.74) is 0.858. The van der Waals surface area contributed by atoms with Gasteiger partial charge in [-0.15, -0.1) is 0 Å². The van der Waals surface area contributed by atoms with Gasteiger partial charge in [0, 0.05) is 11.8 Å². The minimum absolute atomic E-state index is 0.417. The quantitative estimate of drug-likeness (QED) is 0.852. The van der Waals surface area contributed by atoms with Crippen molar-refractivity contribution in [3.63, 3.8) is 0 Å². The molecule has 0 aromatic carbocycles. The maximum Gasteiger partial charge on any atom is 0.319 e. The monoisotopic (exact) mass is 237 g/mol. The summed E-state index contributed by atoms with van der Waals surface area (Å²) in [6.07, 6.45) is 2.31. The van der Waals surface area contributed by atoms with Gasteiger partial charge in [0.25, 0.3) is 0 Å². The molecule has 17 heavy (non-hydrogen) atoms. The average molecular weight is 237 g/mol. The molecule has 1 aromatic heterocycles. The first-order valence-electron chi connectivity index (χ1n) is 6.01. The van der Waals surface area contributed by atoms with Gasteiger partial charge in [-0.1, -0.05) is 0 Å². The number of nitrogens with zero attached hydrogens (tertiary/aromatic N) is 2. The number of hydrogen-bond acceptors (Lipinski definition) is 5. The highest BCUT2D eigenvalue weighted by Crippen LogP contribution is 2.16. The maximum absolute atomic E-state index is 5.64. The predicted octanol–water partition coefficient (Wildman–Crippen LogP) is 1.17. The van der Waals surface area contributed by atoms with Crippen molar-refractivity contribution in [1.29, 1.82) is 0 Å². The van der Waals surface area contributed by atoms with Crippen molar-refractivity contribution < 1.29 is 9.47 Å². The summed E-state index contributed by atoms with van der Waals surface area (Å²) >= 11 is 0. The lowest BCUT2D eigenvalue weighted by Gasteiger charge is -2.22. The van der Waals surface area contributed by atoms with Crippen molar-refractivity contribution in [2.24, 2.45) is 5.92 Å². The lowest BCUT2D eigenvalue weighted by Crippen LogP contribution is -2.30. The zero-order chi connectivity index (χ0) is 12.1. The molecule has 2 rings (SSSR count). The fourth-order valence-corrected chi connectivity index (χ4v) is 1.92. The third-order valence-electron chi connectivity index (χ3n) is 2.93. The van der Waals surface area contributed by atoms with Crippen molar-refractivity contribution in [2.45, 2.75) is 19.8 Å². The molecule has 5 heteroatoms. The first-order chi connectivity index (χ1) is 8.28. The molecular formula is C12H19N3O2. The van der Waals surface area contributed by atoms with Gasteiger partial charge >= 0.3 is 6.01 Å². The van der Waals surface area contributed by atoms with Crippen molar-refractivity contribution in [3.05, 3.63) is 11.8 Å². The largest absolute Gasteiger partial charge is 0.481 e. The Hall–Kier alpha value is -1.36. The van der Waals surface area contributed by atoms with Crippen LogP contribution < -0.4 is 14.8 Å². The number of nitrogens with one attached hydrogen (secondary N) is 1. The number of hydrogen-bond donors (Lipinski definition) is 1. The van der Waals surface area contributed by atoms with E-state index in [9.17, 15) is 0 Å². The van der Waals surface area contributed by atoms with Gasteiger partial charge in [0.2, 0.25) is 5.88 Å². The Morgan fingerprint density at radius 3 is 2.82 bits per heavy atom. The Morgan fingerprint density at radius 2 is 2.12 bits per heavy atom. The van der Waals surface area contributed by atoms with E-state index in [1.807, 2.05) is 6.92 Å². The van der Waals surface area contributed by atoms with Gasteiger partial charge in [-0.05, 0) is 38.8 Å². The van der Waals surface area contributed by atoms with Gasteiger partial charge in [-0.25, -0.2) is 4.98 Å². The SMILES string of the molecule is COc1cc(C)nc(OCC2CCNCC2)n1.